The molecule has 0 fully saturated rings. The van der Waals surface area contributed by atoms with Gasteiger partial charge in [0, 0.05) is 13.0 Å². The zero-order valence-electron chi connectivity index (χ0n) is 15.3. The molecule has 0 aliphatic heterocycles. The van der Waals surface area contributed by atoms with Crippen LogP contribution in [-0.2, 0) is 4.79 Å². The molecule has 0 saturated carbocycles. The summed E-state index contributed by atoms with van der Waals surface area (Å²) in [5, 5.41) is 7.03. The van der Waals surface area contributed by atoms with Gasteiger partial charge in [-0.3, -0.25) is 4.79 Å². The van der Waals surface area contributed by atoms with Gasteiger partial charge < -0.3 is 19.3 Å². The fourth-order valence-corrected chi connectivity index (χ4v) is 2.84. The molecule has 0 aliphatic rings. The van der Waals surface area contributed by atoms with Crippen molar-refractivity contribution in [3.05, 3.63) is 30.4 Å². The van der Waals surface area contributed by atoms with Crippen molar-refractivity contribution in [2.45, 2.75) is 39.8 Å². The van der Waals surface area contributed by atoms with Crippen molar-refractivity contribution in [3.63, 3.8) is 0 Å². The summed E-state index contributed by atoms with van der Waals surface area (Å²) in [6.45, 7) is 7.06. The molecular weight excluding hydrogens is 370 g/mol. The first-order valence-electron chi connectivity index (χ1n) is 8.28. The minimum Gasteiger partial charge on any atom is -0.475 e. The maximum atomic E-state index is 11.1. The molecule has 9 nitrogen and oxygen atoms in total. The van der Waals surface area contributed by atoms with E-state index in [1.807, 2.05) is 13.8 Å². The standard InChI is InChI=1S/C17H19N5O4S/c1-9(2)24-14-6-5-12(7-18-14)25-17-19-8-13(27-17)15-21-16(26-22-15)10(3)20-11(4)23/h5-10H,1-4H3,(H,20,23). The van der Waals surface area contributed by atoms with Gasteiger partial charge in [0.1, 0.15) is 11.8 Å². The van der Waals surface area contributed by atoms with Crippen LogP contribution in [0, 0.1) is 0 Å². The highest BCUT2D eigenvalue weighted by molar-refractivity contribution is 7.16. The van der Waals surface area contributed by atoms with Crippen LogP contribution in [0.3, 0.4) is 0 Å². The van der Waals surface area contributed by atoms with Crippen LogP contribution >= 0.6 is 11.3 Å². The van der Waals surface area contributed by atoms with E-state index in [1.54, 1.807) is 31.5 Å². The van der Waals surface area contributed by atoms with Gasteiger partial charge >= 0.3 is 0 Å². The summed E-state index contributed by atoms with van der Waals surface area (Å²) in [4.78, 5) is 24.5. The highest BCUT2D eigenvalue weighted by atomic mass is 32.1. The van der Waals surface area contributed by atoms with Crippen molar-refractivity contribution in [1.29, 1.82) is 0 Å². The average Bonchev–Trinajstić information content (AvgIpc) is 3.25. The van der Waals surface area contributed by atoms with Crippen molar-refractivity contribution in [1.82, 2.24) is 25.4 Å². The van der Waals surface area contributed by atoms with Gasteiger partial charge in [-0.05, 0) is 26.8 Å². The molecule has 0 radical (unpaired) electrons. The topological polar surface area (TPSA) is 112 Å². The number of nitrogens with one attached hydrogen (secondary N) is 1. The number of rotatable bonds is 7. The molecule has 1 unspecified atom stereocenters. The summed E-state index contributed by atoms with van der Waals surface area (Å²) >= 11 is 1.27. The van der Waals surface area contributed by atoms with Gasteiger partial charge in [-0.15, -0.1) is 0 Å². The van der Waals surface area contributed by atoms with Gasteiger partial charge in [-0.1, -0.05) is 16.5 Å². The van der Waals surface area contributed by atoms with Crippen LogP contribution in [0.2, 0.25) is 0 Å². The molecule has 142 valence electrons. The third-order valence-corrected chi connectivity index (χ3v) is 4.08. The Morgan fingerprint density at radius 1 is 1.22 bits per heavy atom. The molecular formula is C17H19N5O4S. The fraction of sp³-hybridized carbons (Fsp3) is 0.353. The van der Waals surface area contributed by atoms with E-state index in [0.717, 1.165) is 0 Å². The van der Waals surface area contributed by atoms with E-state index in [1.165, 1.54) is 18.3 Å². The SMILES string of the molecule is CC(=O)NC(C)c1nc(-c2cnc(Oc3ccc(OC(C)C)nc3)s2)no1. The van der Waals surface area contributed by atoms with Gasteiger partial charge in [-0.2, -0.15) is 4.98 Å². The van der Waals surface area contributed by atoms with E-state index >= 15 is 0 Å². The molecule has 1 amide bonds. The van der Waals surface area contributed by atoms with E-state index in [2.05, 4.69) is 25.4 Å². The third kappa shape index (κ3) is 5.00. The van der Waals surface area contributed by atoms with E-state index < -0.39 is 0 Å². The smallest absolute Gasteiger partial charge is 0.279 e. The number of carbonyl (C=O) groups excluding carboxylic acids is 1. The lowest BCUT2D eigenvalue weighted by molar-refractivity contribution is -0.119. The number of nitrogens with zero attached hydrogens (tertiary/aromatic N) is 4. The van der Waals surface area contributed by atoms with E-state index in [9.17, 15) is 4.79 Å². The first kappa shape index (κ1) is 18.8. The molecule has 3 heterocycles. The zero-order valence-corrected chi connectivity index (χ0v) is 16.1. The molecule has 0 bridgehead atoms. The second-order valence-electron chi connectivity index (χ2n) is 5.97. The van der Waals surface area contributed by atoms with E-state index in [4.69, 9.17) is 14.0 Å². The lowest BCUT2D eigenvalue weighted by Gasteiger charge is -2.08. The van der Waals surface area contributed by atoms with E-state index in [-0.39, 0.29) is 18.1 Å². The monoisotopic (exact) mass is 389 g/mol. The zero-order chi connectivity index (χ0) is 19.4. The molecule has 1 atom stereocenters. The van der Waals surface area contributed by atoms with Crippen molar-refractivity contribution in [2.75, 3.05) is 0 Å². The second-order valence-corrected chi connectivity index (χ2v) is 6.96. The number of ether oxygens (including phenoxy) is 2. The summed E-state index contributed by atoms with van der Waals surface area (Å²) in [7, 11) is 0. The number of aromatic nitrogens is 4. The second kappa shape index (κ2) is 8.12. The van der Waals surface area contributed by atoms with Crippen LogP contribution in [0.25, 0.3) is 10.7 Å². The maximum Gasteiger partial charge on any atom is 0.279 e. The number of carbonyl (C=O) groups is 1. The quantitative estimate of drug-likeness (QED) is 0.654. The largest absolute Gasteiger partial charge is 0.475 e. The normalized spacial score (nSPS) is 12.0. The minimum absolute atomic E-state index is 0.0546. The number of hydrogen-bond donors (Lipinski definition) is 1. The Hall–Kier alpha value is -3.01. The highest BCUT2D eigenvalue weighted by Crippen LogP contribution is 2.32. The maximum absolute atomic E-state index is 11.1. The van der Waals surface area contributed by atoms with Gasteiger partial charge in [0.05, 0.1) is 23.4 Å². The van der Waals surface area contributed by atoms with Crippen LogP contribution in [0.1, 0.15) is 39.6 Å². The Morgan fingerprint density at radius 2 is 2.04 bits per heavy atom. The fourth-order valence-electron chi connectivity index (χ4n) is 2.13. The molecule has 3 aromatic rings. The molecule has 27 heavy (non-hydrogen) atoms. The van der Waals surface area contributed by atoms with Crippen molar-refractivity contribution in [3.8, 4) is 27.5 Å². The predicted molar refractivity (Wildman–Crippen MR) is 97.7 cm³/mol. The van der Waals surface area contributed by atoms with Crippen LogP contribution in [-0.4, -0.2) is 32.1 Å². The van der Waals surface area contributed by atoms with Crippen LogP contribution in [0.15, 0.2) is 29.0 Å². The molecule has 0 saturated heterocycles. The summed E-state index contributed by atoms with van der Waals surface area (Å²) < 4.78 is 16.4. The summed E-state index contributed by atoms with van der Waals surface area (Å²) in [5.74, 6) is 1.60. The summed E-state index contributed by atoms with van der Waals surface area (Å²) in [6, 6.07) is 3.12. The van der Waals surface area contributed by atoms with Crippen LogP contribution in [0.5, 0.6) is 16.8 Å². The minimum atomic E-state index is -0.370. The van der Waals surface area contributed by atoms with Gasteiger partial charge in [-0.25, -0.2) is 9.97 Å². The molecule has 10 heteroatoms. The van der Waals surface area contributed by atoms with Crippen molar-refractivity contribution < 1.29 is 18.8 Å². The Morgan fingerprint density at radius 3 is 2.70 bits per heavy atom. The van der Waals surface area contributed by atoms with Gasteiger partial charge in [0.2, 0.25) is 23.5 Å². The lowest BCUT2D eigenvalue weighted by atomic mass is 10.3. The van der Waals surface area contributed by atoms with Crippen molar-refractivity contribution in [2.24, 2.45) is 0 Å². The molecule has 3 rings (SSSR count). The number of thiazole rings is 1. The number of hydrogen-bond acceptors (Lipinski definition) is 9. The summed E-state index contributed by atoms with van der Waals surface area (Å²) in [5.41, 5.74) is 0. The molecule has 3 aromatic heterocycles. The molecule has 0 aromatic carbocycles. The molecule has 0 aliphatic carbocycles. The first-order chi connectivity index (χ1) is 12.9. The van der Waals surface area contributed by atoms with Crippen LogP contribution < -0.4 is 14.8 Å². The Balaban J connectivity index is 1.66. The van der Waals surface area contributed by atoms with E-state index in [0.29, 0.717) is 33.4 Å². The summed E-state index contributed by atoms with van der Waals surface area (Å²) in [6.07, 6.45) is 3.22. The predicted octanol–water partition coefficient (Wildman–Crippen LogP) is 3.36. The first-order valence-corrected chi connectivity index (χ1v) is 9.10. The Labute approximate surface area is 159 Å². The molecule has 0 spiro atoms. The highest BCUT2D eigenvalue weighted by Gasteiger charge is 2.18. The van der Waals surface area contributed by atoms with Gasteiger partial charge in [0.15, 0.2) is 0 Å². The number of amides is 1. The molecule has 1 N–H and O–H groups in total. The van der Waals surface area contributed by atoms with Crippen LogP contribution in [0.4, 0.5) is 0 Å². The van der Waals surface area contributed by atoms with Crippen molar-refractivity contribution >= 4 is 17.2 Å². The Kier molecular flexibility index (Phi) is 5.65. The average molecular weight is 389 g/mol. The third-order valence-electron chi connectivity index (χ3n) is 3.21. The Bertz CT molecular complexity index is 906. The number of pyridine rings is 1. The van der Waals surface area contributed by atoms with Gasteiger partial charge in [0.25, 0.3) is 5.19 Å². The lowest BCUT2D eigenvalue weighted by Crippen LogP contribution is -2.23.